The van der Waals surface area contributed by atoms with Gasteiger partial charge in [0.2, 0.25) is 5.88 Å². The molecule has 0 amide bonds. The molecule has 0 atom stereocenters. The topological polar surface area (TPSA) is 61.3 Å². The number of aromatic nitrogens is 1. The normalized spacial score (nSPS) is 10.8. The zero-order valence-corrected chi connectivity index (χ0v) is 13.6. The van der Waals surface area contributed by atoms with Crippen LogP contribution in [-0.4, -0.2) is 12.3 Å². The van der Waals surface area contributed by atoms with Crippen LogP contribution >= 0.6 is 0 Å². The van der Waals surface area contributed by atoms with Crippen LogP contribution in [0.4, 0.5) is 5.88 Å². The molecule has 1 heterocycles. The number of methoxy groups -OCH3 is 1. The maximum Gasteiger partial charge on any atom is 0.222 e. The van der Waals surface area contributed by atoms with Crippen LogP contribution in [-0.2, 0) is 6.42 Å². The molecule has 0 spiro atoms. The van der Waals surface area contributed by atoms with Crippen LogP contribution in [0.15, 0.2) is 28.8 Å². The van der Waals surface area contributed by atoms with E-state index in [1.807, 2.05) is 6.07 Å². The molecule has 0 aliphatic rings. The van der Waals surface area contributed by atoms with Gasteiger partial charge < -0.3 is 15.0 Å². The molecule has 2 aromatic rings. The van der Waals surface area contributed by atoms with Crippen molar-refractivity contribution < 1.29 is 9.26 Å². The number of anilines is 1. The first-order chi connectivity index (χ1) is 10.7. The molecule has 0 unspecified atom stereocenters. The Bertz CT molecular complexity index is 578. The zero-order chi connectivity index (χ0) is 15.8. The van der Waals surface area contributed by atoms with Crippen molar-refractivity contribution in [2.75, 3.05) is 12.8 Å². The number of aryl methyl sites for hydroxylation is 1. The number of ether oxygens (including phenoxy) is 1. The first-order valence-electron chi connectivity index (χ1n) is 8.14. The Morgan fingerprint density at radius 2 is 1.86 bits per heavy atom. The van der Waals surface area contributed by atoms with Crippen LogP contribution in [0.1, 0.15) is 51.0 Å². The van der Waals surface area contributed by atoms with Gasteiger partial charge in [0.15, 0.2) is 0 Å². The second kappa shape index (κ2) is 8.47. The molecule has 0 aliphatic carbocycles. The second-order valence-electron chi connectivity index (χ2n) is 5.67. The first-order valence-corrected chi connectivity index (χ1v) is 8.14. The lowest BCUT2D eigenvalue weighted by Crippen LogP contribution is -1.92. The highest BCUT2D eigenvalue weighted by Crippen LogP contribution is 2.31. The quantitative estimate of drug-likeness (QED) is 0.673. The molecule has 2 N–H and O–H groups in total. The third-order valence-corrected chi connectivity index (χ3v) is 3.89. The van der Waals surface area contributed by atoms with Gasteiger partial charge in [-0.1, -0.05) is 50.3 Å². The van der Waals surface area contributed by atoms with E-state index < -0.39 is 0 Å². The van der Waals surface area contributed by atoms with Gasteiger partial charge in [0.05, 0.1) is 7.11 Å². The summed E-state index contributed by atoms with van der Waals surface area (Å²) in [7, 11) is 1.66. The molecule has 2 rings (SSSR count). The van der Waals surface area contributed by atoms with Gasteiger partial charge in [-0.2, -0.15) is 0 Å². The highest BCUT2D eigenvalue weighted by Gasteiger charge is 2.11. The molecule has 0 bridgehead atoms. The van der Waals surface area contributed by atoms with Gasteiger partial charge in [-0.05, 0) is 30.5 Å². The van der Waals surface area contributed by atoms with Crippen LogP contribution in [0.25, 0.3) is 11.3 Å². The molecule has 0 saturated heterocycles. The molecule has 22 heavy (non-hydrogen) atoms. The molecule has 120 valence electrons. The number of hydrogen-bond donors (Lipinski definition) is 1. The molecule has 0 saturated carbocycles. The van der Waals surface area contributed by atoms with E-state index in [-0.39, 0.29) is 0 Å². The molecule has 0 radical (unpaired) electrons. The average Bonchev–Trinajstić information content (AvgIpc) is 2.97. The zero-order valence-electron chi connectivity index (χ0n) is 13.6. The van der Waals surface area contributed by atoms with Gasteiger partial charge in [-0.3, -0.25) is 0 Å². The predicted octanol–water partition coefficient (Wildman–Crippen LogP) is 4.84. The summed E-state index contributed by atoms with van der Waals surface area (Å²) in [4.78, 5) is 0. The summed E-state index contributed by atoms with van der Waals surface area (Å²) >= 11 is 0. The Balaban J connectivity index is 1.98. The van der Waals surface area contributed by atoms with Crippen molar-refractivity contribution in [3.63, 3.8) is 0 Å². The van der Waals surface area contributed by atoms with Crippen LogP contribution in [0, 0.1) is 0 Å². The van der Waals surface area contributed by atoms with Crippen molar-refractivity contribution in [1.82, 2.24) is 5.16 Å². The van der Waals surface area contributed by atoms with Crippen LogP contribution < -0.4 is 10.5 Å². The third-order valence-electron chi connectivity index (χ3n) is 3.89. The lowest BCUT2D eigenvalue weighted by molar-refractivity contribution is 0.413. The largest absolute Gasteiger partial charge is 0.496 e. The Hall–Kier alpha value is -1.97. The van der Waals surface area contributed by atoms with Crippen molar-refractivity contribution >= 4 is 5.88 Å². The summed E-state index contributed by atoms with van der Waals surface area (Å²) in [5, 5.41) is 3.99. The minimum absolute atomic E-state index is 0.318. The molecular weight excluding hydrogens is 276 g/mol. The lowest BCUT2D eigenvalue weighted by atomic mass is 10.0. The van der Waals surface area contributed by atoms with E-state index in [9.17, 15) is 0 Å². The fourth-order valence-corrected chi connectivity index (χ4v) is 2.64. The van der Waals surface area contributed by atoms with Crippen molar-refractivity contribution in [3.8, 4) is 17.0 Å². The van der Waals surface area contributed by atoms with Crippen LogP contribution in [0.3, 0.4) is 0 Å². The van der Waals surface area contributed by atoms with Gasteiger partial charge in [-0.25, -0.2) is 0 Å². The van der Waals surface area contributed by atoms with Gasteiger partial charge in [-0.15, -0.1) is 0 Å². The van der Waals surface area contributed by atoms with E-state index in [0.29, 0.717) is 5.88 Å². The Kier molecular flexibility index (Phi) is 6.31. The molecular formula is C18H26N2O2. The van der Waals surface area contributed by atoms with E-state index in [0.717, 1.165) is 23.4 Å². The summed E-state index contributed by atoms with van der Waals surface area (Å²) in [5.74, 6) is 1.11. The first kappa shape index (κ1) is 16.4. The smallest absolute Gasteiger partial charge is 0.222 e. The van der Waals surface area contributed by atoms with Gasteiger partial charge in [0, 0.05) is 11.6 Å². The van der Waals surface area contributed by atoms with E-state index >= 15 is 0 Å². The van der Waals surface area contributed by atoms with Gasteiger partial charge >= 0.3 is 0 Å². The molecule has 4 nitrogen and oxygen atoms in total. The van der Waals surface area contributed by atoms with Crippen LogP contribution in [0.5, 0.6) is 5.75 Å². The summed E-state index contributed by atoms with van der Waals surface area (Å²) in [6.07, 6.45) is 8.91. The molecule has 0 fully saturated rings. The molecule has 0 aliphatic heterocycles. The number of nitrogens with two attached hydrogens (primary N) is 1. The van der Waals surface area contributed by atoms with Crippen molar-refractivity contribution in [2.24, 2.45) is 0 Å². The minimum Gasteiger partial charge on any atom is -0.496 e. The fraction of sp³-hybridized carbons (Fsp3) is 0.500. The van der Waals surface area contributed by atoms with E-state index in [1.165, 1.54) is 44.1 Å². The molecule has 4 heteroatoms. The molecule has 1 aromatic heterocycles. The number of nitrogens with zero attached hydrogens (tertiary/aromatic N) is 1. The number of hydrogen-bond acceptors (Lipinski definition) is 4. The van der Waals surface area contributed by atoms with Gasteiger partial charge in [0.25, 0.3) is 0 Å². The monoisotopic (exact) mass is 302 g/mol. The lowest BCUT2D eigenvalue weighted by Gasteiger charge is -2.09. The minimum atomic E-state index is 0.318. The van der Waals surface area contributed by atoms with E-state index in [1.54, 1.807) is 13.2 Å². The number of unbranched alkanes of at least 4 members (excludes halogenated alkanes) is 5. The Labute approximate surface area is 132 Å². The van der Waals surface area contributed by atoms with Crippen molar-refractivity contribution in [1.29, 1.82) is 0 Å². The van der Waals surface area contributed by atoms with E-state index in [4.69, 9.17) is 15.0 Å². The second-order valence-corrected chi connectivity index (χ2v) is 5.67. The van der Waals surface area contributed by atoms with Crippen molar-refractivity contribution in [3.05, 3.63) is 29.8 Å². The Morgan fingerprint density at radius 3 is 2.55 bits per heavy atom. The Morgan fingerprint density at radius 1 is 1.09 bits per heavy atom. The highest BCUT2D eigenvalue weighted by atomic mass is 16.5. The number of rotatable bonds is 9. The highest BCUT2D eigenvalue weighted by molar-refractivity contribution is 5.69. The van der Waals surface area contributed by atoms with E-state index in [2.05, 4.69) is 24.2 Å². The number of benzene rings is 1. The summed E-state index contributed by atoms with van der Waals surface area (Å²) in [6, 6.07) is 7.97. The average molecular weight is 302 g/mol. The molecule has 1 aromatic carbocycles. The SMILES string of the molecule is CCCCCCCCc1ccc(OC)c(-c2cc(N)on2)c1. The summed E-state index contributed by atoms with van der Waals surface area (Å²) in [6.45, 7) is 2.25. The van der Waals surface area contributed by atoms with Gasteiger partial charge in [0.1, 0.15) is 11.4 Å². The summed E-state index contributed by atoms with van der Waals surface area (Å²) < 4.78 is 10.4. The third kappa shape index (κ3) is 4.52. The predicted molar refractivity (Wildman–Crippen MR) is 90.0 cm³/mol. The summed E-state index contributed by atoms with van der Waals surface area (Å²) in [5.41, 5.74) is 8.57. The maximum absolute atomic E-state index is 5.61. The van der Waals surface area contributed by atoms with Crippen molar-refractivity contribution in [2.45, 2.75) is 51.9 Å². The number of nitrogen functional groups attached to an aromatic ring is 1. The standard InChI is InChI=1S/C18H26N2O2/c1-3-4-5-6-7-8-9-14-10-11-17(21-2)15(12-14)16-13-18(19)22-20-16/h10-13H,3-9,19H2,1-2H3. The maximum atomic E-state index is 5.61. The van der Waals surface area contributed by atoms with Crippen LogP contribution in [0.2, 0.25) is 0 Å². The fourth-order valence-electron chi connectivity index (χ4n) is 2.64.